The van der Waals surface area contributed by atoms with Crippen LogP contribution in [0.15, 0.2) is 55.1 Å². The summed E-state index contributed by atoms with van der Waals surface area (Å²) in [5.41, 5.74) is 1.21. The monoisotopic (exact) mass is 371 g/mol. The first-order valence-corrected chi connectivity index (χ1v) is 8.17. The first-order valence-electron chi connectivity index (χ1n) is 8.17. The largest absolute Gasteiger partial charge is 0.493 e. The predicted molar refractivity (Wildman–Crippen MR) is 99.4 cm³/mol. The molecule has 0 aliphatic carbocycles. The molecule has 0 atom stereocenters. The number of nitrogens with one attached hydrogen (secondary N) is 1. The average Bonchev–Trinajstić information content (AvgIpc) is 2.69. The summed E-state index contributed by atoms with van der Waals surface area (Å²) >= 11 is 0. The lowest BCUT2D eigenvalue weighted by Crippen LogP contribution is -2.22. The third-order valence-electron chi connectivity index (χ3n) is 3.50. The number of carboxylic acids is 1. The Bertz CT molecular complexity index is 818. The van der Waals surface area contributed by atoms with E-state index in [9.17, 15) is 9.59 Å². The molecule has 0 aromatic heterocycles. The Balaban J connectivity index is 2.00. The SMILES string of the molecule is C=CCOc1ccc(C(=O)NCc2cccc(OCC(=O)O)c2)cc1OC. The van der Waals surface area contributed by atoms with Gasteiger partial charge in [-0.2, -0.15) is 0 Å². The molecule has 27 heavy (non-hydrogen) atoms. The Kier molecular flexibility index (Phi) is 7.25. The highest BCUT2D eigenvalue weighted by Gasteiger charge is 2.11. The van der Waals surface area contributed by atoms with Crippen molar-refractivity contribution in [2.24, 2.45) is 0 Å². The minimum absolute atomic E-state index is 0.264. The van der Waals surface area contributed by atoms with Crippen molar-refractivity contribution in [3.63, 3.8) is 0 Å². The standard InChI is InChI=1S/C20H21NO6/c1-3-9-26-17-8-7-15(11-18(17)25-2)20(24)21-12-14-5-4-6-16(10-14)27-13-19(22)23/h3-8,10-11H,1,9,12-13H2,2H3,(H,21,24)(H,22,23). The van der Waals surface area contributed by atoms with Gasteiger partial charge in [-0.25, -0.2) is 4.79 Å². The van der Waals surface area contributed by atoms with E-state index in [-0.39, 0.29) is 12.5 Å². The normalized spacial score (nSPS) is 9.96. The molecule has 7 nitrogen and oxygen atoms in total. The second kappa shape index (κ2) is 9.86. The molecular weight excluding hydrogens is 350 g/mol. The maximum atomic E-state index is 12.4. The lowest BCUT2D eigenvalue weighted by Gasteiger charge is -2.12. The number of carbonyl (C=O) groups is 2. The topological polar surface area (TPSA) is 94.1 Å². The van der Waals surface area contributed by atoms with Crippen molar-refractivity contribution in [3.05, 3.63) is 66.2 Å². The third kappa shape index (κ3) is 6.07. The molecule has 0 heterocycles. The molecule has 7 heteroatoms. The van der Waals surface area contributed by atoms with Crippen LogP contribution in [0.5, 0.6) is 17.2 Å². The van der Waals surface area contributed by atoms with Crippen molar-refractivity contribution in [2.75, 3.05) is 20.3 Å². The molecule has 0 saturated heterocycles. The van der Waals surface area contributed by atoms with Gasteiger partial charge in [0.2, 0.25) is 0 Å². The number of amides is 1. The molecule has 0 aliphatic rings. The van der Waals surface area contributed by atoms with Crippen LogP contribution in [0.2, 0.25) is 0 Å². The zero-order valence-corrected chi connectivity index (χ0v) is 14.9. The number of carboxylic acid groups (broad SMARTS) is 1. The molecule has 0 fully saturated rings. The molecule has 0 unspecified atom stereocenters. The Labute approximate surface area is 157 Å². The van der Waals surface area contributed by atoms with E-state index in [0.29, 0.717) is 29.4 Å². The quantitative estimate of drug-likeness (QED) is 0.624. The van der Waals surface area contributed by atoms with Gasteiger partial charge in [0.25, 0.3) is 5.91 Å². The molecule has 1 amide bonds. The first-order chi connectivity index (χ1) is 13.0. The molecule has 2 aromatic rings. The van der Waals surface area contributed by atoms with Gasteiger partial charge in [-0.05, 0) is 35.9 Å². The fourth-order valence-electron chi connectivity index (χ4n) is 2.25. The van der Waals surface area contributed by atoms with E-state index in [2.05, 4.69) is 11.9 Å². The van der Waals surface area contributed by atoms with Gasteiger partial charge in [0, 0.05) is 12.1 Å². The number of benzene rings is 2. The van der Waals surface area contributed by atoms with Gasteiger partial charge in [0.1, 0.15) is 12.4 Å². The molecule has 0 radical (unpaired) electrons. The van der Waals surface area contributed by atoms with Crippen molar-refractivity contribution in [1.29, 1.82) is 0 Å². The number of carbonyl (C=O) groups excluding carboxylic acids is 1. The molecule has 2 N–H and O–H groups in total. The lowest BCUT2D eigenvalue weighted by molar-refractivity contribution is -0.139. The van der Waals surface area contributed by atoms with E-state index in [1.54, 1.807) is 48.5 Å². The van der Waals surface area contributed by atoms with Gasteiger partial charge in [-0.3, -0.25) is 4.79 Å². The number of ether oxygens (including phenoxy) is 3. The highest BCUT2D eigenvalue weighted by atomic mass is 16.5. The second-order valence-electron chi connectivity index (χ2n) is 5.48. The summed E-state index contributed by atoms with van der Waals surface area (Å²) in [6, 6.07) is 11.8. The second-order valence-corrected chi connectivity index (χ2v) is 5.48. The first kappa shape index (κ1) is 19.8. The summed E-state index contributed by atoms with van der Waals surface area (Å²) in [5.74, 6) is 0.0731. The molecule has 2 aromatic carbocycles. The van der Waals surface area contributed by atoms with E-state index in [4.69, 9.17) is 19.3 Å². The van der Waals surface area contributed by atoms with Crippen LogP contribution < -0.4 is 19.5 Å². The minimum Gasteiger partial charge on any atom is -0.493 e. The van der Waals surface area contributed by atoms with E-state index in [1.165, 1.54) is 7.11 Å². The van der Waals surface area contributed by atoms with Crippen molar-refractivity contribution in [3.8, 4) is 17.2 Å². The Hall–Kier alpha value is -3.48. The van der Waals surface area contributed by atoms with Gasteiger partial charge < -0.3 is 24.6 Å². The van der Waals surface area contributed by atoms with Crippen molar-refractivity contribution < 1.29 is 28.9 Å². The maximum absolute atomic E-state index is 12.4. The van der Waals surface area contributed by atoms with Gasteiger partial charge in [0.05, 0.1) is 7.11 Å². The highest BCUT2D eigenvalue weighted by Crippen LogP contribution is 2.28. The van der Waals surface area contributed by atoms with Crippen LogP contribution in [0.4, 0.5) is 0 Å². The summed E-state index contributed by atoms with van der Waals surface area (Å²) in [5, 5.41) is 11.4. The number of hydrogen-bond acceptors (Lipinski definition) is 5. The summed E-state index contributed by atoms with van der Waals surface area (Å²) in [6.07, 6.45) is 1.62. The molecule has 2 rings (SSSR count). The molecular formula is C20H21NO6. The fraction of sp³-hybridized carbons (Fsp3) is 0.200. The van der Waals surface area contributed by atoms with Crippen molar-refractivity contribution in [1.82, 2.24) is 5.32 Å². The lowest BCUT2D eigenvalue weighted by atomic mass is 10.1. The van der Waals surface area contributed by atoms with E-state index in [1.807, 2.05) is 0 Å². The fourth-order valence-corrected chi connectivity index (χ4v) is 2.25. The number of rotatable bonds is 10. The van der Waals surface area contributed by atoms with Crippen molar-refractivity contribution >= 4 is 11.9 Å². The molecule has 0 saturated carbocycles. The van der Waals surface area contributed by atoms with Crippen LogP contribution in [0.1, 0.15) is 15.9 Å². The van der Waals surface area contributed by atoms with Crippen LogP contribution in [0, 0.1) is 0 Å². The van der Waals surface area contributed by atoms with Gasteiger partial charge in [0.15, 0.2) is 18.1 Å². The van der Waals surface area contributed by atoms with Gasteiger partial charge >= 0.3 is 5.97 Å². The highest BCUT2D eigenvalue weighted by molar-refractivity contribution is 5.94. The van der Waals surface area contributed by atoms with Crippen LogP contribution in [-0.2, 0) is 11.3 Å². The van der Waals surface area contributed by atoms with Gasteiger partial charge in [-0.1, -0.05) is 24.8 Å². The maximum Gasteiger partial charge on any atom is 0.341 e. The summed E-state index contributed by atoms with van der Waals surface area (Å²) in [6.45, 7) is 3.77. The number of aliphatic carboxylic acids is 1. The predicted octanol–water partition coefficient (Wildman–Crippen LogP) is 2.65. The average molecular weight is 371 g/mol. The summed E-state index contributed by atoms with van der Waals surface area (Å²) in [4.78, 5) is 22.9. The third-order valence-corrected chi connectivity index (χ3v) is 3.50. The Morgan fingerprint density at radius 3 is 2.67 bits per heavy atom. The van der Waals surface area contributed by atoms with E-state index in [0.717, 1.165) is 5.56 Å². The molecule has 0 spiro atoms. The summed E-state index contributed by atoms with van der Waals surface area (Å²) in [7, 11) is 1.50. The molecule has 0 bridgehead atoms. The summed E-state index contributed by atoms with van der Waals surface area (Å²) < 4.78 is 15.8. The zero-order chi connectivity index (χ0) is 19.6. The number of hydrogen-bond donors (Lipinski definition) is 2. The minimum atomic E-state index is -1.05. The zero-order valence-electron chi connectivity index (χ0n) is 14.9. The molecule has 142 valence electrons. The Morgan fingerprint density at radius 2 is 1.96 bits per heavy atom. The van der Waals surface area contributed by atoms with Crippen LogP contribution in [0.25, 0.3) is 0 Å². The van der Waals surface area contributed by atoms with E-state index < -0.39 is 12.6 Å². The van der Waals surface area contributed by atoms with Crippen LogP contribution >= 0.6 is 0 Å². The smallest absolute Gasteiger partial charge is 0.341 e. The molecule has 0 aliphatic heterocycles. The number of methoxy groups -OCH3 is 1. The van der Waals surface area contributed by atoms with Crippen LogP contribution in [-0.4, -0.2) is 37.3 Å². The van der Waals surface area contributed by atoms with Crippen LogP contribution in [0.3, 0.4) is 0 Å². The Morgan fingerprint density at radius 1 is 1.15 bits per heavy atom. The van der Waals surface area contributed by atoms with Gasteiger partial charge in [-0.15, -0.1) is 0 Å². The van der Waals surface area contributed by atoms with E-state index >= 15 is 0 Å². The van der Waals surface area contributed by atoms with Crippen molar-refractivity contribution in [2.45, 2.75) is 6.54 Å².